The summed E-state index contributed by atoms with van der Waals surface area (Å²) in [7, 11) is 0. The highest BCUT2D eigenvalue weighted by Crippen LogP contribution is 2.06. The van der Waals surface area contributed by atoms with E-state index in [0.29, 0.717) is 5.69 Å². The van der Waals surface area contributed by atoms with Gasteiger partial charge in [-0.1, -0.05) is 12.1 Å². The molecule has 0 spiro atoms. The molecular weight excluding hydrogens is 260 g/mol. The number of nitrogens with one attached hydrogen (secondary N) is 1. The van der Waals surface area contributed by atoms with Crippen molar-refractivity contribution in [3.8, 4) is 0 Å². The van der Waals surface area contributed by atoms with Gasteiger partial charge in [0.1, 0.15) is 11.3 Å². The maximum Gasteiger partial charge on any atom is 0.407 e. The van der Waals surface area contributed by atoms with E-state index in [0.717, 1.165) is 0 Å². The van der Waals surface area contributed by atoms with Gasteiger partial charge >= 0.3 is 12.1 Å². The first-order valence-electron chi connectivity index (χ1n) is 6.12. The van der Waals surface area contributed by atoms with Crippen LogP contribution in [0.1, 0.15) is 37.0 Å². The summed E-state index contributed by atoms with van der Waals surface area (Å²) >= 11 is 0. The van der Waals surface area contributed by atoms with Gasteiger partial charge in [-0.15, -0.1) is 0 Å². The fourth-order valence-corrected chi connectivity index (χ4v) is 1.30. The number of carboxylic acids is 1. The molecule has 0 fully saturated rings. The smallest absolute Gasteiger partial charge is 0.407 e. The quantitative estimate of drug-likeness (QED) is 0.882. The zero-order valence-electron chi connectivity index (χ0n) is 11.7. The van der Waals surface area contributed by atoms with Crippen LogP contribution in [-0.4, -0.2) is 34.3 Å². The van der Waals surface area contributed by atoms with Crippen LogP contribution in [0.25, 0.3) is 6.08 Å². The molecule has 1 aromatic heterocycles. The van der Waals surface area contributed by atoms with E-state index in [4.69, 9.17) is 9.84 Å². The molecule has 1 rings (SSSR count). The molecule has 1 amide bonds. The number of alkyl carbamates (subject to hydrolysis) is 1. The lowest BCUT2D eigenvalue weighted by Gasteiger charge is -2.19. The van der Waals surface area contributed by atoms with Crippen molar-refractivity contribution in [3.63, 3.8) is 0 Å². The number of aromatic carboxylic acids is 1. The van der Waals surface area contributed by atoms with Crippen LogP contribution in [0, 0.1) is 0 Å². The molecule has 0 unspecified atom stereocenters. The van der Waals surface area contributed by atoms with Gasteiger partial charge in [0.25, 0.3) is 0 Å². The van der Waals surface area contributed by atoms with Crippen LogP contribution in [0.2, 0.25) is 0 Å². The maximum atomic E-state index is 11.4. The second-order valence-electron chi connectivity index (χ2n) is 5.04. The summed E-state index contributed by atoms with van der Waals surface area (Å²) in [6, 6.07) is 4.70. The highest BCUT2D eigenvalue weighted by Gasteiger charge is 2.14. The average Bonchev–Trinajstić information content (AvgIpc) is 2.33. The summed E-state index contributed by atoms with van der Waals surface area (Å²) < 4.78 is 5.06. The van der Waals surface area contributed by atoms with E-state index in [-0.39, 0.29) is 12.2 Å². The van der Waals surface area contributed by atoms with Crippen molar-refractivity contribution in [2.75, 3.05) is 6.54 Å². The lowest BCUT2D eigenvalue weighted by Crippen LogP contribution is -2.32. The molecule has 108 valence electrons. The minimum Gasteiger partial charge on any atom is -0.477 e. The Hall–Kier alpha value is -2.37. The largest absolute Gasteiger partial charge is 0.477 e. The third kappa shape index (κ3) is 5.99. The first-order valence-corrected chi connectivity index (χ1v) is 6.12. The summed E-state index contributed by atoms with van der Waals surface area (Å²) in [4.78, 5) is 26.0. The van der Waals surface area contributed by atoms with Gasteiger partial charge < -0.3 is 15.2 Å². The molecule has 6 nitrogen and oxygen atoms in total. The number of hydrogen-bond acceptors (Lipinski definition) is 4. The number of aromatic nitrogens is 1. The number of carboxylic acid groups (broad SMARTS) is 1. The predicted octanol–water partition coefficient (Wildman–Crippen LogP) is 2.32. The first kappa shape index (κ1) is 15.7. The fraction of sp³-hybridized carbons (Fsp3) is 0.357. The van der Waals surface area contributed by atoms with Gasteiger partial charge in [-0.3, -0.25) is 0 Å². The number of ether oxygens (including phenoxy) is 1. The lowest BCUT2D eigenvalue weighted by atomic mass is 10.2. The monoisotopic (exact) mass is 278 g/mol. The van der Waals surface area contributed by atoms with Crippen molar-refractivity contribution >= 4 is 18.1 Å². The van der Waals surface area contributed by atoms with Crippen LogP contribution in [0.15, 0.2) is 24.3 Å². The lowest BCUT2D eigenvalue weighted by molar-refractivity contribution is 0.0533. The van der Waals surface area contributed by atoms with Crippen LogP contribution < -0.4 is 5.32 Å². The van der Waals surface area contributed by atoms with Crippen molar-refractivity contribution in [3.05, 3.63) is 35.7 Å². The van der Waals surface area contributed by atoms with E-state index in [1.54, 1.807) is 45.1 Å². The summed E-state index contributed by atoms with van der Waals surface area (Å²) in [6.45, 7) is 5.62. The highest BCUT2D eigenvalue weighted by atomic mass is 16.6. The van der Waals surface area contributed by atoms with Gasteiger partial charge in [0, 0.05) is 6.54 Å². The number of amides is 1. The predicted molar refractivity (Wildman–Crippen MR) is 74.5 cm³/mol. The van der Waals surface area contributed by atoms with E-state index in [2.05, 4.69) is 10.3 Å². The molecule has 0 atom stereocenters. The van der Waals surface area contributed by atoms with Crippen LogP contribution >= 0.6 is 0 Å². The van der Waals surface area contributed by atoms with Crippen LogP contribution in [0.3, 0.4) is 0 Å². The second-order valence-corrected chi connectivity index (χ2v) is 5.04. The number of carbonyl (C=O) groups is 2. The maximum absolute atomic E-state index is 11.4. The number of rotatable bonds is 4. The van der Waals surface area contributed by atoms with Gasteiger partial charge in [0.2, 0.25) is 0 Å². The van der Waals surface area contributed by atoms with Gasteiger partial charge in [0.15, 0.2) is 0 Å². The summed E-state index contributed by atoms with van der Waals surface area (Å²) in [5.74, 6) is -1.08. The highest BCUT2D eigenvalue weighted by molar-refractivity contribution is 5.85. The Labute approximate surface area is 117 Å². The molecule has 2 N–H and O–H groups in total. The first-order chi connectivity index (χ1) is 9.28. The molecule has 6 heteroatoms. The molecule has 0 aliphatic carbocycles. The Balaban J connectivity index is 2.47. The van der Waals surface area contributed by atoms with Crippen LogP contribution in [0.5, 0.6) is 0 Å². The molecule has 0 aromatic carbocycles. The van der Waals surface area contributed by atoms with Gasteiger partial charge in [-0.25, -0.2) is 14.6 Å². The summed E-state index contributed by atoms with van der Waals surface area (Å²) in [6.07, 6.45) is 2.79. The number of carbonyl (C=O) groups excluding carboxylic acids is 1. The van der Waals surface area contributed by atoms with Crippen molar-refractivity contribution in [1.29, 1.82) is 0 Å². The molecule has 0 aliphatic rings. The Morgan fingerprint density at radius 1 is 1.40 bits per heavy atom. The SMILES string of the molecule is CC(C)(C)OC(=O)NCC=Cc1cccc(C(=O)O)n1. The summed E-state index contributed by atoms with van der Waals surface area (Å²) in [5, 5.41) is 11.4. The van der Waals surface area contributed by atoms with E-state index in [1.807, 2.05) is 0 Å². The van der Waals surface area contributed by atoms with Crippen molar-refractivity contribution in [2.24, 2.45) is 0 Å². The van der Waals surface area contributed by atoms with Crippen LogP contribution in [-0.2, 0) is 4.74 Å². The molecule has 0 aliphatic heterocycles. The Kier molecular flexibility index (Phi) is 5.25. The Bertz CT molecular complexity index is 518. The standard InChI is InChI=1S/C14H18N2O4/c1-14(2,3)20-13(19)15-9-5-7-10-6-4-8-11(16-10)12(17)18/h4-8H,9H2,1-3H3,(H,15,19)(H,17,18). The van der Waals surface area contributed by atoms with Crippen molar-refractivity contribution < 1.29 is 19.4 Å². The minimum absolute atomic E-state index is 0.0211. The van der Waals surface area contributed by atoms with Gasteiger partial charge in [0.05, 0.1) is 5.69 Å². The van der Waals surface area contributed by atoms with E-state index >= 15 is 0 Å². The van der Waals surface area contributed by atoms with Gasteiger partial charge in [-0.05, 0) is 39.0 Å². The fourth-order valence-electron chi connectivity index (χ4n) is 1.30. The zero-order chi connectivity index (χ0) is 15.2. The van der Waals surface area contributed by atoms with Crippen LogP contribution in [0.4, 0.5) is 4.79 Å². The minimum atomic E-state index is -1.08. The van der Waals surface area contributed by atoms with Crippen molar-refractivity contribution in [1.82, 2.24) is 10.3 Å². The molecule has 0 bridgehead atoms. The normalized spacial score (nSPS) is 11.3. The average molecular weight is 278 g/mol. The zero-order valence-corrected chi connectivity index (χ0v) is 11.7. The molecule has 1 heterocycles. The third-order valence-electron chi connectivity index (χ3n) is 2.04. The molecule has 0 saturated heterocycles. The Morgan fingerprint density at radius 3 is 2.70 bits per heavy atom. The topological polar surface area (TPSA) is 88.5 Å². The van der Waals surface area contributed by atoms with E-state index in [1.165, 1.54) is 6.07 Å². The summed E-state index contributed by atoms with van der Waals surface area (Å²) in [5.41, 5.74) is -0.0475. The number of nitrogens with zero attached hydrogens (tertiary/aromatic N) is 1. The number of pyridine rings is 1. The Morgan fingerprint density at radius 2 is 2.10 bits per heavy atom. The number of hydrogen-bond donors (Lipinski definition) is 2. The van der Waals surface area contributed by atoms with E-state index < -0.39 is 17.7 Å². The molecule has 20 heavy (non-hydrogen) atoms. The molecule has 0 saturated carbocycles. The second kappa shape index (κ2) is 6.70. The van der Waals surface area contributed by atoms with Gasteiger partial charge in [-0.2, -0.15) is 0 Å². The molecule has 0 radical (unpaired) electrons. The molecular formula is C14H18N2O4. The third-order valence-corrected chi connectivity index (χ3v) is 2.04. The van der Waals surface area contributed by atoms with E-state index in [9.17, 15) is 9.59 Å². The molecule has 1 aromatic rings. The van der Waals surface area contributed by atoms with Crippen molar-refractivity contribution in [2.45, 2.75) is 26.4 Å².